The van der Waals surface area contributed by atoms with Crippen LogP contribution in [-0.4, -0.2) is 57.4 Å². The van der Waals surface area contributed by atoms with Crippen molar-refractivity contribution in [1.82, 2.24) is 4.31 Å². The van der Waals surface area contributed by atoms with Crippen molar-refractivity contribution in [3.8, 4) is 0 Å². The summed E-state index contributed by atoms with van der Waals surface area (Å²) in [5.41, 5.74) is -1.69. The normalized spacial score (nSPS) is 15.4. The van der Waals surface area contributed by atoms with E-state index in [9.17, 15) is 35.6 Å². The molecular formula is C20H17F4NO6S. The molecule has 0 aromatic heterocycles. The second kappa shape index (κ2) is 9.35. The number of hydrogen-bond acceptors (Lipinski definition) is 6. The van der Waals surface area contributed by atoms with Crippen LogP contribution in [0.25, 0.3) is 0 Å². The van der Waals surface area contributed by atoms with E-state index in [0.29, 0.717) is 6.07 Å². The highest BCUT2D eigenvalue weighted by Gasteiger charge is 2.32. The lowest BCUT2D eigenvalue weighted by molar-refractivity contribution is -0.137. The first-order valence-electron chi connectivity index (χ1n) is 9.25. The molecule has 0 aliphatic carbocycles. The van der Waals surface area contributed by atoms with Gasteiger partial charge in [-0.1, -0.05) is 12.1 Å². The summed E-state index contributed by atoms with van der Waals surface area (Å²) in [6, 6.07) is 6.14. The third-order valence-electron chi connectivity index (χ3n) is 4.60. The molecule has 1 heterocycles. The van der Waals surface area contributed by atoms with Crippen molar-refractivity contribution in [3.63, 3.8) is 0 Å². The van der Waals surface area contributed by atoms with Crippen LogP contribution in [0, 0.1) is 5.82 Å². The van der Waals surface area contributed by atoms with Crippen molar-refractivity contribution >= 4 is 21.8 Å². The number of esters is 1. The fourth-order valence-corrected chi connectivity index (χ4v) is 4.42. The number of nitrogens with zero attached hydrogens (tertiary/aromatic N) is 1. The van der Waals surface area contributed by atoms with Crippen LogP contribution in [0.1, 0.15) is 26.3 Å². The molecule has 2 aromatic rings. The molecule has 0 bridgehead atoms. The Hall–Kier alpha value is -2.83. The van der Waals surface area contributed by atoms with Gasteiger partial charge in [-0.25, -0.2) is 17.6 Å². The smallest absolute Gasteiger partial charge is 0.416 e. The number of hydrogen-bond donors (Lipinski definition) is 0. The lowest BCUT2D eigenvalue weighted by atomic mass is 10.1. The van der Waals surface area contributed by atoms with E-state index >= 15 is 0 Å². The summed E-state index contributed by atoms with van der Waals surface area (Å²) in [4.78, 5) is 23.7. The molecule has 3 rings (SSSR count). The van der Waals surface area contributed by atoms with E-state index in [0.717, 1.165) is 40.7 Å². The lowest BCUT2D eigenvalue weighted by Crippen LogP contribution is -2.41. The van der Waals surface area contributed by atoms with Crippen LogP contribution in [0.3, 0.4) is 0 Å². The highest BCUT2D eigenvalue weighted by molar-refractivity contribution is 7.89. The molecule has 0 unspecified atom stereocenters. The Kier molecular flexibility index (Phi) is 6.96. The predicted molar refractivity (Wildman–Crippen MR) is 102 cm³/mol. The Morgan fingerprint density at radius 2 is 1.72 bits per heavy atom. The highest BCUT2D eigenvalue weighted by Crippen LogP contribution is 2.29. The molecule has 0 saturated carbocycles. The minimum atomic E-state index is -4.65. The van der Waals surface area contributed by atoms with Gasteiger partial charge >= 0.3 is 12.1 Å². The number of sulfonamides is 1. The monoisotopic (exact) mass is 475 g/mol. The average Bonchev–Trinajstić information content (AvgIpc) is 2.77. The third kappa shape index (κ3) is 5.31. The number of Topliss-reactive ketones (excluding diaryl/α,β-unsaturated/α-hetero) is 1. The maximum absolute atomic E-state index is 14.2. The van der Waals surface area contributed by atoms with Gasteiger partial charge in [-0.2, -0.15) is 17.5 Å². The van der Waals surface area contributed by atoms with Crippen LogP contribution in [0.2, 0.25) is 0 Å². The minimum absolute atomic E-state index is 0.0158. The van der Waals surface area contributed by atoms with Crippen molar-refractivity contribution in [2.45, 2.75) is 11.1 Å². The highest BCUT2D eigenvalue weighted by atomic mass is 32.2. The van der Waals surface area contributed by atoms with Gasteiger partial charge in [0.05, 0.1) is 24.3 Å². The maximum Gasteiger partial charge on any atom is 0.416 e. The largest absolute Gasteiger partial charge is 0.454 e. The topological polar surface area (TPSA) is 90.0 Å². The number of alkyl halides is 3. The Bertz CT molecular complexity index is 1130. The van der Waals surface area contributed by atoms with Crippen LogP contribution in [0.5, 0.6) is 0 Å². The maximum atomic E-state index is 14.2. The Morgan fingerprint density at radius 3 is 2.38 bits per heavy atom. The quantitative estimate of drug-likeness (QED) is 0.363. The Balaban J connectivity index is 1.73. The fraction of sp³-hybridized carbons (Fsp3) is 0.300. The molecule has 1 fully saturated rings. The number of carbonyl (C=O) groups excluding carboxylic acids is 2. The molecule has 0 atom stereocenters. The van der Waals surface area contributed by atoms with E-state index in [-0.39, 0.29) is 37.4 Å². The first kappa shape index (κ1) is 23.8. The number of morpholine rings is 1. The van der Waals surface area contributed by atoms with Gasteiger partial charge in [0, 0.05) is 18.7 Å². The van der Waals surface area contributed by atoms with Gasteiger partial charge in [-0.3, -0.25) is 4.79 Å². The molecule has 0 amide bonds. The third-order valence-corrected chi connectivity index (χ3v) is 6.51. The first-order valence-corrected chi connectivity index (χ1v) is 10.7. The summed E-state index contributed by atoms with van der Waals surface area (Å²) in [5, 5.41) is 0. The van der Waals surface area contributed by atoms with Crippen LogP contribution < -0.4 is 0 Å². The van der Waals surface area contributed by atoms with E-state index in [4.69, 9.17) is 9.47 Å². The number of ether oxygens (including phenoxy) is 2. The first-order chi connectivity index (χ1) is 15.0. The number of benzene rings is 2. The molecule has 1 aliphatic rings. The van der Waals surface area contributed by atoms with Crippen molar-refractivity contribution in [3.05, 3.63) is 65.0 Å². The summed E-state index contributed by atoms with van der Waals surface area (Å²) in [5.74, 6) is -3.11. The van der Waals surface area contributed by atoms with E-state index in [1.807, 2.05) is 0 Å². The van der Waals surface area contributed by atoms with Crippen molar-refractivity contribution < 1.29 is 45.0 Å². The summed E-state index contributed by atoms with van der Waals surface area (Å²) in [6.45, 7) is -0.576. The van der Waals surface area contributed by atoms with Gasteiger partial charge in [0.1, 0.15) is 10.7 Å². The van der Waals surface area contributed by atoms with Gasteiger partial charge < -0.3 is 9.47 Å². The number of carbonyl (C=O) groups is 2. The Labute approximate surface area is 180 Å². The second-order valence-corrected chi connectivity index (χ2v) is 8.65. The standard InChI is InChI=1S/C20H17F4NO6S/c21-16-5-4-14(11-18(16)32(28,29)25-6-8-30-9-7-25)19(27)31-12-17(26)13-2-1-3-15(10-13)20(22,23)24/h1-5,10-11H,6-9,12H2. The molecule has 0 radical (unpaired) electrons. The van der Waals surface area contributed by atoms with Gasteiger partial charge in [-0.15, -0.1) is 0 Å². The molecule has 32 heavy (non-hydrogen) atoms. The molecule has 7 nitrogen and oxygen atoms in total. The van der Waals surface area contributed by atoms with Crippen molar-refractivity contribution in [2.75, 3.05) is 32.9 Å². The summed E-state index contributed by atoms with van der Waals surface area (Å²) < 4.78 is 88.8. The summed E-state index contributed by atoms with van der Waals surface area (Å²) in [6.07, 6.45) is -4.65. The van der Waals surface area contributed by atoms with Gasteiger partial charge in [-0.05, 0) is 30.3 Å². The molecule has 2 aromatic carbocycles. The average molecular weight is 475 g/mol. The lowest BCUT2D eigenvalue weighted by Gasteiger charge is -2.26. The van der Waals surface area contributed by atoms with Gasteiger partial charge in [0.25, 0.3) is 0 Å². The number of halogens is 4. The molecular weight excluding hydrogens is 458 g/mol. The second-order valence-electron chi connectivity index (χ2n) is 6.74. The fourth-order valence-electron chi connectivity index (χ4n) is 2.92. The summed E-state index contributed by atoms with van der Waals surface area (Å²) in [7, 11) is -4.24. The van der Waals surface area contributed by atoms with Crippen LogP contribution in [0.15, 0.2) is 47.4 Å². The van der Waals surface area contributed by atoms with Gasteiger partial charge in [0.15, 0.2) is 12.4 Å². The SMILES string of the molecule is O=C(COC(=O)c1ccc(F)c(S(=O)(=O)N2CCOCC2)c1)c1cccc(C(F)(F)F)c1. The van der Waals surface area contributed by atoms with E-state index in [1.165, 1.54) is 0 Å². The van der Waals surface area contributed by atoms with Crippen molar-refractivity contribution in [2.24, 2.45) is 0 Å². The van der Waals surface area contributed by atoms with Crippen LogP contribution >= 0.6 is 0 Å². The van der Waals surface area contributed by atoms with Gasteiger partial charge in [0.2, 0.25) is 10.0 Å². The number of rotatable bonds is 6. The van der Waals surface area contributed by atoms with E-state index in [2.05, 4.69) is 0 Å². The van der Waals surface area contributed by atoms with Crippen LogP contribution in [-0.2, 0) is 25.7 Å². The van der Waals surface area contributed by atoms with E-state index in [1.54, 1.807) is 0 Å². The van der Waals surface area contributed by atoms with E-state index < -0.39 is 50.8 Å². The molecule has 172 valence electrons. The Morgan fingerprint density at radius 1 is 1.03 bits per heavy atom. The minimum Gasteiger partial charge on any atom is -0.454 e. The molecule has 1 aliphatic heterocycles. The molecule has 0 N–H and O–H groups in total. The summed E-state index contributed by atoms with van der Waals surface area (Å²) >= 11 is 0. The van der Waals surface area contributed by atoms with Crippen LogP contribution in [0.4, 0.5) is 17.6 Å². The zero-order valence-electron chi connectivity index (χ0n) is 16.4. The molecule has 0 spiro atoms. The zero-order valence-corrected chi connectivity index (χ0v) is 17.2. The number of ketones is 1. The molecule has 12 heteroatoms. The zero-order chi connectivity index (χ0) is 23.5. The molecule has 1 saturated heterocycles. The predicted octanol–water partition coefficient (Wildman–Crippen LogP) is 2.91. The van der Waals surface area contributed by atoms with Crippen molar-refractivity contribution in [1.29, 1.82) is 0 Å².